The van der Waals surface area contributed by atoms with Gasteiger partial charge in [0.1, 0.15) is 0 Å². The minimum absolute atomic E-state index is 0.00639. The number of benzene rings is 1. The summed E-state index contributed by atoms with van der Waals surface area (Å²) in [5.74, 6) is -0.651. The van der Waals surface area contributed by atoms with E-state index in [1.54, 1.807) is 6.07 Å². The SMILES string of the molecule is O=C(O)Cc1ccc2c(c1)C(=O)CC21CCCCC1. The molecule has 1 N–H and O–H groups in total. The summed E-state index contributed by atoms with van der Waals surface area (Å²) in [5.41, 5.74) is 2.74. The van der Waals surface area contributed by atoms with Crippen molar-refractivity contribution in [3.8, 4) is 0 Å². The van der Waals surface area contributed by atoms with E-state index in [1.165, 1.54) is 24.8 Å². The zero-order valence-corrected chi connectivity index (χ0v) is 10.9. The molecule has 0 unspecified atom stereocenters. The van der Waals surface area contributed by atoms with E-state index in [4.69, 9.17) is 5.11 Å². The number of hydrogen-bond acceptors (Lipinski definition) is 2. The lowest BCUT2D eigenvalue weighted by Gasteiger charge is -2.33. The van der Waals surface area contributed by atoms with E-state index in [0.29, 0.717) is 6.42 Å². The molecule has 0 atom stereocenters. The van der Waals surface area contributed by atoms with Crippen LogP contribution in [0, 0.1) is 0 Å². The van der Waals surface area contributed by atoms with Crippen LogP contribution in [0.5, 0.6) is 0 Å². The van der Waals surface area contributed by atoms with Gasteiger partial charge in [0, 0.05) is 17.4 Å². The molecule has 1 aromatic rings. The van der Waals surface area contributed by atoms with Gasteiger partial charge < -0.3 is 5.11 Å². The predicted octanol–water partition coefficient (Wildman–Crippen LogP) is 3.10. The predicted molar refractivity (Wildman–Crippen MR) is 71.5 cm³/mol. The zero-order chi connectivity index (χ0) is 13.5. The van der Waals surface area contributed by atoms with E-state index in [1.807, 2.05) is 12.1 Å². The van der Waals surface area contributed by atoms with Crippen LogP contribution in [-0.4, -0.2) is 16.9 Å². The Labute approximate surface area is 112 Å². The lowest BCUT2D eigenvalue weighted by molar-refractivity contribution is -0.136. The van der Waals surface area contributed by atoms with Crippen LogP contribution in [0.3, 0.4) is 0 Å². The fourth-order valence-corrected chi connectivity index (χ4v) is 3.74. The molecule has 0 aromatic heterocycles. The van der Waals surface area contributed by atoms with E-state index in [2.05, 4.69) is 0 Å². The minimum Gasteiger partial charge on any atom is -0.481 e. The van der Waals surface area contributed by atoms with E-state index >= 15 is 0 Å². The van der Waals surface area contributed by atoms with E-state index in [9.17, 15) is 9.59 Å². The van der Waals surface area contributed by atoms with Crippen LogP contribution < -0.4 is 0 Å². The van der Waals surface area contributed by atoms with Gasteiger partial charge in [-0.15, -0.1) is 0 Å². The third-order valence-corrected chi connectivity index (χ3v) is 4.62. The van der Waals surface area contributed by atoms with Gasteiger partial charge in [-0.05, 0) is 30.0 Å². The Kier molecular flexibility index (Phi) is 2.92. The summed E-state index contributed by atoms with van der Waals surface area (Å²) in [6.45, 7) is 0. The van der Waals surface area contributed by atoms with Gasteiger partial charge in [-0.1, -0.05) is 31.4 Å². The van der Waals surface area contributed by atoms with Crippen LogP contribution >= 0.6 is 0 Å². The third-order valence-electron chi connectivity index (χ3n) is 4.62. The molecule has 1 fully saturated rings. The summed E-state index contributed by atoms with van der Waals surface area (Å²) < 4.78 is 0. The van der Waals surface area contributed by atoms with Gasteiger partial charge in [0.2, 0.25) is 0 Å². The number of hydrogen-bond donors (Lipinski definition) is 1. The molecule has 19 heavy (non-hydrogen) atoms. The highest BCUT2D eigenvalue weighted by Crippen LogP contribution is 2.48. The van der Waals surface area contributed by atoms with E-state index in [0.717, 1.165) is 24.0 Å². The average molecular weight is 258 g/mol. The molecular formula is C16H18O3. The summed E-state index contributed by atoms with van der Waals surface area (Å²) in [6.07, 6.45) is 6.48. The molecule has 0 bridgehead atoms. The fraction of sp³-hybridized carbons (Fsp3) is 0.500. The summed E-state index contributed by atoms with van der Waals surface area (Å²) >= 11 is 0. The number of rotatable bonds is 2. The molecule has 1 spiro atoms. The average Bonchev–Trinajstić information content (AvgIpc) is 2.63. The molecule has 0 radical (unpaired) electrons. The molecule has 3 rings (SSSR count). The maximum Gasteiger partial charge on any atom is 0.307 e. The summed E-state index contributed by atoms with van der Waals surface area (Å²) in [6, 6.07) is 5.68. The standard InChI is InChI=1S/C16H18O3/c17-14-10-16(6-2-1-3-7-16)13-5-4-11(8-12(13)14)9-15(18)19/h4-5,8H,1-3,6-7,9-10H2,(H,18,19). The van der Waals surface area contributed by atoms with Gasteiger partial charge in [0.25, 0.3) is 0 Å². The molecule has 3 heteroatoms. The maximum absolute atomic E-state index is 12.2. The highest BCUT2D eigenvalue weighted by molar-refractivity contribution is 6.02. The largest absolute Gasteiger partial charge is 0.481 e. The van der Waals surface area contributed by atoms with Crippen molar-refractivity contribution in [3.63, 3.8) is 0 Å². The number of Topliss-reactive ketones (excluding diaryl/α,β-unsaturated/α-hetero) is 1. The lowest BCUT2D eigenvalue weighted by atomic mass is 9.70. The van der Waals surface area contributed by atoms with Crippen molar-refractivity contribution >= 4 is 11.8 Å². The van der Waals surface area contributed by atoms with Gasteiger partial charge in [-0.25, -0.2) is 0 Å². The van der Waals surface area contributed by atoms with Crippen molar-refractivity contribution in [1.82, 2.24) is 0 Å². The van der Waals surface area contributed by atoms with E-state index < -0.39 is 5.97 Å². The van der Waals surface area contributed by atoms with Gasteiger partial charge in [0.15, 0.2) is 5.78 Å². The Hall–Kier alpha value is -1.64. The Bertz CT molecular complexity index is 539. The minimum atomic E-state index is -0.849. The normalized spacial score (nSPS) is 20.5. The molecule has 0 aliphatic heterocycles. The smallest absolute Gasteiger partial charge is 0.307 e. The second kappa shape index (κ2) is 4.48. The van der Waals surface area contributed by atoms with Crippen molar-refractivity contribution in [1.29, 1.82) is 0 Å². The van der Waals surface area contributed by atoms with Gasteiger partial charge in [0.05, 0.1) is 6.42 Å². The molecule has 2 aliphatic rings. The molecule has 0 amide bonds. The van der Waals surface area contributed by atoms with Gasteiger partial charge in [-0.2, -0.15) is 0 Å². The van der Waals surface area contributed by atoms with Crippen molar-refractivity contribution in [3.05, 3.63) is 34.9 Å². The second-order valence-corrected chi connectivity index (χ2v) is 5.89. The number of carboxylic acids is 1. The third kappa shape index (κ3) is 2.07. The van der Waals surface area contributed by atoms with Crippen LogP contribution in [0.15, 0.2) is 18.2 Å². The van der Waals surface area contributed by atoms with Crippen molar-refractivity contribution in [2.75, 3.05) is 0 Å². The Morgan fingerprint density at radius 1 is 1.21 bits per heavy atom. The first-order valence-electron chi connectivity index (χ1n) is 6.99. The number of carbonyl (C=O) groups is 2. The summed E-state index contributed by atoms with van der Waals surface area (Å²) in [4.78, 5) is 23.0. The van der Waals surface area contributed by atoms with Crippen LogP contribution in [-0.2, 0) is 16.6 Å². The van der Waals surface area contributed by atoms with E-state index in [-0.39, 0.29) is 17.6 Å². The molecule has 1 saturated carbocycles. The number of carbonyl (C=O) groups excluding carboxylic acids is 1. The highest BCUT2D eigenvalue weighted by atomic mass is 16.4. The van der Waals surface area contributed by atoms with Crippen LogP contribution in [0.1, 0.15) is 60.0 Å². The first kappa shape index (κ1) is 12.4. The quantitative estimate of drug-likeness (QED) is 0.886. The molecular weight excluding hydrogens is 240 g/mol. The molecule has 100 valence electrons. The maximum atomic E-state index is 12.2. The number of fused-ring (bicyclic) bond motifs is 2. The van der Waals surface area contributed by atoms with Crippen LogP contribution in [0.4, 0.5) is 0 Å². The summed E-state index contributed by atoms with van der Waals surface area (Å²) in [7, 11) is 0. The Balaban J connectivity index is 1.99. The second-order valence-electron chi connectivity index (χ2n) is 5.89. The Morgan fingerprint density at radius 3 is 2.63 bits per heavy atom. The monoisotopic (exact) mass is 258 g/mol. The molecule has 0 saturated heterocycles. The fourth-order valence-electron chi connectivity index (χ4n) is 3.74. The number of aliphatic carboxylic acids is 1. The van der Waals surface area contributed by atoms with Crippen LogP contribution in [0.25, 0.3) is 0 Å². The van der Waals surface area contributed by atoms with Gasteiger partial charge in [-0.3, -0.25) is 9.59 Å². The van der Waals surface area contributed by atoms with Crippen molar-refractivity contribution in [2.24, 2.45) is 0 Å². The van der Waals surface area contributed by atoms with Crippen molar-refractivity contribution < 1.29 is 14.7 Å². The molecule has 3 nitrogen and oxygen atoms in total. The zero-order valence-electron chi connectivity index (χ0n) is 10.9. The number of ketones is 1. The first-order valence-corrected chi connectivity index (χ1v) is 6.99. The van der Waals surface area contributed by atoms with Crippen LogP contribution in [0.2, 0.25) is 0 Å². The molecule has 1 aromatic carbocycles. The topological polar surface area (TPSA) is 54.4 Å². The van der Waals surface area contributed by atoms with Gasteiger partial charge >= 0.3 is 5.97 Å². The first-order chi connectivity index (χ1) is 9.11. The summed E-state index contributed by atoms with van der Waals surface area (Å²) in [5, 5.41) is 8.84. The Morgan fingerprint density at radius 2 is 1.95 bits per heavy atom. The van der Waals surface area contributed by atoms with Crippen molar-refractivity contribution in [2.45, 2.75) is 50.4 Å². The lowest BCUT2D eigenvalue weighted by Crippen LogP contribution is -2.26. The highest BCUT2D eigenvalue weighted by Gasteiger charge is 2.43. The molecule has 0 heterocycles. The number of carboxylic acid groups (broad SMARTS) is 1. The molecule has 2 aliphatic carbocycles.